The molecule has 0 aliphatic heterocycles. The Morgan fingerprint density at radius 2 is 0.753 bits per heavy atom. The monoisotopic (exact) mass is 995 g/mol. The second-order valence-corrected chi connectivity index (χ2v) is 18.9. The maximum atomic E-state index is 14.9. The molecule has 10 heteroatoms. The molecule has 0 radical (unpaired) electrons. The van der Waals surface area contributed by atoms with Gasteiger partial charge in [-0.3, -0.25) is 0 Å². The van der Waals surface area contributed by atoms with Crippen molar-refractivity contribution in [3.8, 4) is 85.2 Å². The van der Waals surface area contributed by atoms with Gasteiger partial charge in [-0.1, -0.05) is 103 Å². The molecule has 0 saturated heterocycles. The summed E-state index contributed by atoms with van der Waals surface area (Å²) in [5.74, 6) is 0. The van der Waals surface area contributed by atoms with Crippen molar-refractivity contribution >= 4 is 55.0 Å². The first-order chi connectivity index (χ1) is 37.4. The summed E-state index contributed by atoms with van der Waals surface area (Å²) in [5.41, 5.74) is 13.7. The Labute approximate surface area is 440 Å². The van der Waals surface area contributed by atoms with Gasteiger partial charge in [0.15, 0.2) is 11.4 Å². The molecule has 0 bridgehead atoms. The molecule has 77 heavy (non-hydrogen) atoms. The van der Waals surface area contributed by atoms with E-state index in [0.717, 1.165) is 94.2 Å². The molecule has 0 spiro atoms. The molecule has 2 aromatic heterocycles. The van der Waals surface area contributed by atoms with Crippen LogP contribution in [-0.4, -0.2) is 9.13 Å². The lowest BCUT2D eigenvalue weighted by Crippen LogP contribution is -2.07. The van der Waals surface area contributed by atoms with E-state index in [-0.39, 0.29) is 5.56 Å². The Kier molecular flexibility index (Phi) is 11.3. The number of aromatic nitrogens is 2. The Balaban J connectivity index is 1.15. The number of hydrogen-bond donors (Lipinski definition) is 0. The number of nitrogens with zero attached hydrogens (tertiary/aromatic N) is 7. The minimum atomic E-state index is -4.66. The minimum absolute atomic E-state index is 0.266. The van der Waals surface area contributed by atoms with E-state index in [1.807, 2.05) is 112 Å². The zero-order chi connectivity index (χ0) is 53.1. The third kappa shape index (κ3) is 8.25. The molecule has 0 amide bonds. The van der Waals surface area contributed by atoms with E-state index < -0.39 is 11.7 Å². The van der Waals surface area contributed by atoms with Crippen molar-refractivity contribution < 1.29 is 13.2 Å². The zero-order valence-electron chi connectivity index (χ0n) is 40.8. The standard InChI is InChI=1S/C67H36F3N7/c1-40-28-51(30-53(29-40)67(68,69)70)56-36-65(76-61-24-16-49(45-12-20-54(74-2)21-13-45)33-57(61)58-34-50(17-25-62(58)76)46-14-22-55(75-3)23-15-46)52(39-73)35-66(56)77-63-26-18-47(43-8-4-41(37-71)5-9-43)31-59(63)60-32-48(19-27-64(60)77)44-10-6-42(38-72)7-11-44/h4-36H,1H3. The van der Waals surface area contributed by atoms with E-state index in [1.165, 1.54) is 6.07 Å². The average molecular weight is 996 g/mol. The fourth-order valence-electron chi connectivity index (χ4n) is 10.6. The van der Waals surface area contributed by atoms with Crippen LogP contribution >= 0.6 is 0 Å². The highest BCUT2D eigenvalue weighted by Gasteiger charge is 2.32. The highest BCUT2D eigenvalue weighted by atomic mass is 19.4. The molecular formula is C67H36F3N7. The van der Waals surface area contributed by atoms with Crippen molar-refractivity contribution in [2.75, 3.05) is 0 Å². The van der Waals surface area contributed by atoms with E-state index in [0.29, 0.717) is 50.6 Å². The smallest absolute Gasteiger partial charge is 0.309 e. The lowest BCUT2D eigenvalue weighted by atomic mass is 9.95. The van der Waals surface area contributed by atoms with Gasteiger partial charge >= 0.3 is 6.18 Å². The van der Waals surface area contributed by atoms with Crippen LogP contribution in [0.3, 0.4) is 0 Å². The molecule has 0 saturated carbocycles. The Morgan fingerprint density at radius 1 is 0.390 bits per heavy atom. The summed E-state index contributed by atoms with van der Waals surface area (Å²) in [7, 11) is 0. The van der Waals surface area contributed by atoms with E-state index in [9.17, 15) is 29.0 Å². The quantitative estimate of drug-likeness (QED) is 0.149. The summed E-state index contributed by atoms with van der Waals surface area (Å²) in [6.07, 6.45) is -4.66. The predicted molar refractivity (Wildman–Crippen MR) is 299 cm³/mol. The summed E-state index contributed by atoms with van der Waals surface area (Å²) in [6.45, 7) is 16.7. The van der Waals surface area contributed by atoms with Crippen molar-refractivity contribution in [1.29, 1.82) is 15.8 Å². The molecule has 7 nitrogen and oxygen atoms in total. The highest BCUT2D eigenvalue weighted by molar-refractivity contribution is 6.14. The third-order valence-electron chi connectivity index (χ3n) is 14.3. The minimum Gasteiger partial charge on any atom is -0.309 e. The third-order valence-corrected chi connectivity index (χ3v) is 14.3. The van der Waals surface area contributed by atoms with Gasteiger partial charge in [0.25, 0.3) is 0 Å². The lowest BCUT2D eigenvalue weighted by molar-refractivity contribution is -0.137. The molecular weight excluding hydrogens is 960 g/mol. The van der Waals surface area contributed by atoms with Gasteiger partial charge in [-0.2, -0.15) is 29.0 Å². The predicted octanol–water partition coefficient (Wildman–Crippen LogP) is 18.3. The van der Waals surface area contributed by atoms with Gasteiger partial charge in [-0.05, 0) is 160 Å². The summed E-state index contributed by atoms with van der Waals surface area (Å²) in [4.78, 5) is 7.14. The lowest BCUT2D eigenvalue weighted by Gasteiger charge is -2.20. The summed E-state index contributed by atoms with van der Waals surface area (Å²) < 4.78 is 48.9. The van der Waals surface area contributed by atoms with Crippen molar-refractivity contribution in [3.05, 3.63) is 251 Å². The second-order valence-electron chi connectivity index (χ2n) is 18.9. The van der Waals surface area contributed by atoms with Gasteiger partial charge in [0.05, 0.1) is 81.0 Å². The molecule has 0 fully saturated rings. The summed E-state index contributed by atoms with van der Waals surface area (Å²) >= 11 is 0. The van der Waals surface area contributed by atoms with Crippen molar-refractivity contribution in [1.82, 2.24) is 9.13 Å². The Bertz CT molecular complexity index is 4410. The van der Waals surface area contributed by atoms with Crippen LogP contribution in [0, 0.1) is 54.1 Å². The van der Waals surface area contributed by atoms with Crippen LogP contribution in [0.15, 0.2) is 200 Å². The normalized spacial score (nSPS) is 11.3. The van der Waals surface area contributed by atoms with Crippen LogP contribution < -0.4 is 0 Å². The number of hydrogen-bond acceptors (Lipinski definition) is 3. The SMILES string of the molecule is [C-]#[N+]c1ccc(-c2ccc3c(c2)c2cc(-c4ccc([N+]#[C-])cc4)ccc2n3-c2cc(-c3cc(C)cc(C(F)(F)F)c3)c(-n3c4ccc(-c5ccc(C#N)cc5)cc4c4cc(-c5ccc(C#N)cc5)ccc43)cc2C#N)cc1. The number of fused-ring (bicyclic) bond motifs is 6. The molecule has 0 aliphatic rings. The molecule has 360 valence electrons. The largest absolute Gasteiger partial charge is 0.416 e. The van der Waals surface area contributed by atoms with E-state index in [2.05, 4.69) is 52.2 Å². The van der Waals surface area contributed by atoms with E-state index >= 15 is 0 Å². The number of alkyl halides is 3. The van der Waals surface area contributed by atoms with Crippen LogP contribution in [0.5, 0.6) is 0 Å². The van der Waals surface area contributed by atoms with Gasteiger partial charge in [-0.25, -0.2) is 9.69 Å². The van der Waals surface area contributed by atoms with Crippen molar-refractivity contribution in [3.63, 3.8) is 0 Å². The first-order valence-corrected chi connectivity index (χ1v) is 24.3. The van der Waals surface area contributed by atoms with Gasteiger partial charge < -0.3 is 9.13 Å². The first kappa shape index (κ1) is 47.1. The molecule has 0 atom stereocenters. The number of halogens is 3. The number of rotatable bonds is 7. The first-order valence-electron chi connectivity index (χ1n) is 24.3. The topological polar surface area (TPSA) is 89.9 Å². The molecule has 0 N–H and O–H groups in total. The van der Waals surface area contributed by atoms with E-state index in [4.69, 9.17) is 13.1 Å². The number of aryl methyl sites for hydroxylation is 1. The van der Waals surface area contributed by atoms with Gasteiger partial charge in [0, 0.05) is 27.1 Å². The fraction of sp³-hybridized carbons (Fsp3) is 0.0299. The van der Waals surface area contributed by atoms with Crippen molar-refractivity contribution in [2.24, 2.45) is 0 Å². The van der Waals surface area contributed by atoms with Crippen LogP contribution in [0.1, 0.15) is 27.8 Å². The maximum absolute atomic E-state index is 14.9. The molecule has 12 aromatic rings. The average Bonchev–Trinajstić information content (AvgIpc) is 4.11. The molecule has 0 unspecified atom stereocenters. The molecule has 12 rings (SSSR count). The van der Waals surface area contributed by atoms with Crippen LogP contribution in [-0.2, 0) is 6.18 Å². The second kappa shape index (κ2) is 18.5. The maximum Gasteiger partial charge on any atom is 0.416 e. The Hall–Kier alpha value is -11.0. The van der Waals surface area contributed by atoms with Crippen LogP contribution in [0.25, 0.3) is 120 Å². The van der Waals surface area contributed by atoms with Crippen LogP contribution in [0.2, 0.25) is 0 Å². The summed E-state index contributed by atoms with van der Waals surface area (Å²) in [5, 5.41) is 33.9. The summed E-state index contributed by atoms with van der Waals surface area (Å²) in [6, 6.07) is 68.1. The molecule has 10 aromatic carbocycles. The zero-order valence-corrected chi connectivity index (χ0v) is 40.8. The van der Waals surface area contributed by atoms with Crippen LogP contribution in [0.4, 0.5) is 24.5 Å². The van der Waals surface area contributed by atoms with Gasteiger partial charge in [-0.15, -0.1) is 0 Å². The molecule has 2 heterocycles. The molecule has 0 aliphatic carbocycles. The Morgan fingerprint density at radius 3 is 1.10 bits per heavy atom. The number of nitriles is 3. The van der Waals surface area contributed by atoms with Gasteiger partial charge in [0.1, 0.15) is 6.07 Å². The van der Waals surface area contributed by atoms with Crippen molar-refractivity contribution in [2.45, 2.75) is 13.1 Å². The number of benzene rings is 10. The van der Waals surface area contributed by atoms with E-state index in [1.54, 1.807) is 67.6 Å². The highest BCUT2D eigenvalue weighted by Crippen LogP contribution is 2.45. The van der Waals surface area contributed by atoms with Gasteiger partial charge in [0.2, 0.25) is 0 Å². The fourth-order valence-corrected chi connectivity index (χ4v) is 10.6.